The number of rotatable bonds is 3. The number of benzene rings is 9. The Morgan fingerprint density at radius 2 is 0.851 bits per heavy atom. The SMILES string of the molecule is c1cc(-c2ccc3ccccc3c2)cc(-c2c3ccccc3c(-c3ccc4c(c3)Oc3cccc5cccc-4c35)c3ccccc23)c1. The summed E-state index contributed by atoms with van der Waals surface area (Å²) in [4.78, 5) is 0. The van der Waals surface area contributed by atoms with E-state index in [2.05, 4.69) is 170 Å². The van der Waals surface area contributed by atoms with Gasteiger partial charge in [0.2, 0.25) is 0 Å². The lowest BCUT2D eigenvalue weighted by Gasteiger charge is -2.23. The lowest BCUT2D eigenvalue weighted by Crippen LogP contribution is -1.98. The summed E-state index contributed by atoms with van der Waals surface area (Å²) in [5.41, 5.74) is 9.66. The van der Waals surface area contributed by atoms with Crippen molar-refractivity contribution in [2.24, 2.45) is 0 Å². The van der Waals surface area contributed by atoms with E-state index in [-0.39, 0.29) is 0 Å². The Hall–Kier alpha value is -6.18. The van der Waals surface area contributed by atoms with Crippen molar-refractivity contribution in [3.05, 3.63) is 170 Å². The molecule has 47 heavy (non-hydrogen) atoms. The van der Waals surface area contributed by atoms with Crippen LogP contribution in [0.25, 0.3) is 87.6 Å². The molecule has 9 aromatic carbocycles. The molecule has 0 radical (unpaired) electrons. The van der Waals surface area contributed by atoms with Crippen LogP contribution in [0.4, 0.5) is 0 Å². The van der Waals surface area contributed by atoms with Crippen molar-refractivity contribution in [2.75, 3.05) is 0 Å². The van der Waals surface area contributed by atoms with Gasteiger partial charge in [-0.15, -0.1) is 0 Å². The van der Waals surface area contributed by atoms with Crippen molar-refractivity contribution in [3.8, 4) is 56.0 Å². The average Bonchev–Trinajstić information content (AvgIpc) is 3.13. The molecule has 0 aliphatic carbocycles. The molecule has 0 spiro atoms. The van der Waals surface area contributed by atoms with E-state index in [1.807, 2.05) is 0 Å². The zero-order valence-corrected chi connectivity index (χ0v) is 25.6. The maximum Gasteiger partial charge on any atom is 0.135 e. The molecule has 0 fully saturated rings. The highest BCUT2D eigenvalue weighted by atomic mass is 16.5. The van der Waals surface area contributed by atoms with Gasteiger partial charge in [-0.1, -0.05) is 140 Å². The van der Waals surface area contributed by atoms with Gasteiger partial charge in [-0.2, -0.15) is 0 Å². The maximum absolute atomic E-state index is 6.61. The lowest BCUT2D eigenvalue weighted by molar-refractivity contribution is 0.487. The summed E-state index contributed by atoms with van der Waals surface area (Å²) in [5.74, 6) is 1.81. The summed E-state index contributed by atoms with van der Waals surface area (Å²) in [5, 5.41) is 9.84. The topological polar surface area (TPSA) is 9.23 Å². The molecule has 9 aromatic rings. The minimum atomic E-state index is 0.897. The average molecular weight is 597 g/mol. The van der Waals surface area contributed by atoms with E-state index in [1.165, 1.54) is 76.5 Å². The molecule has 0 amide bonds. The monoisotopic (exact) mass is 596 g/mol. The van der Waals surface area contributed by atoms with E-state index in [0.717, 1.165) is 22.6 Å². The van der Waals surface area contributed by atoms with E-state index in [0.29, 0.717) is 0 Å². The van der Waals surface area contributed by atoms with Gasteiger partial charge in [0.1, 0.15) is 11.5 Å². The minimum Gasteiger partial charge on any atom is -0.456 e. The van der Waals surface area contributed by atoms with Crippen LogP contribution in [0.15, 0.2) is 170 Å². The van der Waals surface area contributed by atoms with Crippen LogP contribution in [0.3, 0.4) is 0 Å². The number of fused-ring (bicyclic) bond motifs is 5. The highest BCUT2D eigenvalue weighted by Gasteiger charge is 2.22. The fourth-order valence-electron chi connectivity index (χ4n) is 7.69. The Bertz CT molecular complexity index is 2650. The van der Waals surface area contributed by atoms with Crippen LogP contribution in [-0.2, 0) is 0 Å². The zero-order chi connectivity index (χ0) is 30.9. The number of hydrogen-bond acceptors (Lipinski definition) is 1. The molecule has 0 unspecified atom stereocenters. The van der Waals surface area contributed by atoms with Crippen molar-refractivity contribution >= 4 is 43.1 Å². The smallest absolute Gasteiger partial charge is 0.135 e. The van der Waals surface area contributed by atoms with Crippen molar-refractivity contribution in [1.82, 2.24) is 0 Å². The molecule has 10 rings (SSSR count). The van der Waals surface area contributed by atoms with Gasteiger partial charge in [0, 0.05) is 10.9 Å². The minimum absolute atomic E-state index is 0.897. The molecule has 0 N–H and O–H groups in total. The van der Waals surface area contributed by atoms with Gasteiger partial charge in [-0.3, -0.25) is 0 Å². The highest BCUT2D eigenvalue weighted by molar-refractivity contribution is 6.21. The van der Waals surface area contributed by atoms with Crippen LogP contribution in [0.5, 0.6) is 11.5 Å². The van der Waals surface area contributed by atoms with Crippen LogP contribution in [0.2, 0.25) is 0 Å². The number of hydrogen-bond donors (Lipinski definition) is 0. The van der Waals surface area contributed by atoms with Crippen LogP contribution in [0.1, 0.15) is 0 Å². The van der Waals surface area contributed by atoms with Gasteiger partial charge in [-0.25, -0.2) is 0 Å². The third-order valence-corrected chi connectivity index (χ3v) is 9.81. The molecule has 0 bridgehead atoms. The van der Waals surface area contributed by atoms with Crippen LogP contribution < -0.4 is 4.74 Å². The Morgan fingerprint density at radius 1 is 0.298 bits per heavy atom. The number of ether oxygens (including phenoxy) is 1. The summed E-state index contributed by atoms with van der Waals surface area (Å²) >= 11 is 0. The second-order valence-corrected chi connectivity index (χ2v) is 12.5. The summed E-state index contributed by atoms with van der Waals surface area (Å²) in [6, 6.07) is 61.6. The fourth-order valence-corrected chi connectivity index (χ4v) is 7.69. The molecule has 1 aliphatic heterocycles. The molecular formula is C46H28O. The quantitative estimate of drug-likeness (QED) is 0.184. The molecule has 0 aromatic heterocycles. The van der Waals surface area contributed by atoms with Crippen molar-refractivity contribution in [1.29, 1.82) is 0 Å². The van der Waals surface area contributed by atoms with E-state index < -0.39 is 0 Å². The van der Waals surface area contributed by atoms with E-state index >= 15 is 0 Å². The Balaban J connectivity index is 1.18. The molecule has 0 saturated carbocycles. The molecule has 1 heteroatoms. The van der Waals surface area contributed by atoms with Gasteiger partial charge >= 0.3 is 0 Å². The third kappa shape index (κ3) is 4.03. The van der Waals surface area contributed by atoms with Gasteiger partial charge in [-0.05, 0) is 107 Å². The largest absolute Gasteiger partial charge is 0.456 e. The third-order valence-electron chi connectivity index (χ3n) is 9.81. The molecule has 1 aliphatic rings. The van der Waals surface area contributed by atoms with Crippen molar-refractivity contribution in [3.63, 3.8) is 0 Å². The molecular weight excluding hydrogens is 569 g/mol. The maximum atomic E-state index is 6.61. The van der Waals surface area contributed by atoms with Crippen LogP contribution in [-0.4, -0.2) is 0 Å². The Morgan fingerprint density at radius 3 is 1.60 bits per heavy atom. The summed E-state index contributed by atoms with van der Waals surface area (Å²) in [6.07, 6.45) is 0. The van der Waals surface area contributed by atoms with Crippen LogP contribution in [0, 0.1) is 0 Å². The second-order valence-electron chi connectivity index (χ2n) is 12.5. The van der Waals surface area contributed by atoms with Gasteiger partial charge in [0.05, 0.1) is 0 Å². The van der Waals surface area contributed by atoms with Crippen molar-refractivity contribution in [2.45, 2.75) is 0 Å². The first-order valence-corrected chi connectivity index (χ1v) is 16.2. The molecule has 218 valence electrons. The molecule has 1 heterocycles. The van der Waals surface area contributed by atoms with E-state index in [1.54, 1.807) is 0 Å². The van der Waals surface area contributed by atoms with Crippen molar-refractivity contribution < 1.29 is 4.74 Å². The van der Waals surface area contributed by atoms with Gasteiger partial charge in [0.25, 0.3) is 0 Å². The summed E-state index contributed by atoms with van der Waals surface area (Å²) in [7, 11) is 0. The first kappa shape index (κ1) is 26.1. The standard InChI is InChI=1S/C46H28O/c1-2-11-31-26-33(23-22-29(31)10-1)32-14-7-15-34(27-32)44-38-16-3-5-18-40(38)45(41-19-6-4-17-39(41)44)35-24-25-36-37-20-8-12-30-13-9-21-42(46(30)37)47-43(36)28-35/h1-28H. The normalized spacial score (nSPS) is 12.0. The zero-order valence-electron chi connectivity index (χ0n) is 25.6. The highest BCUT2D eigenvalue weighted by Crippen LogP contribution is 2.50. The fraction of sp³-hybridized carbons (Fsp3) is 0. The molecule has 1 nitrogen and oxygen atoms in total. The van der Waals surface area contributed by atoms with Gasteiger partial charge < -0.3 is 4.74 Å². The van der Waals surface area contributed by atoms with E-state index in [9.17, 15) is 0 Å². The van der Waals surface area contributed by atoms with Gasteiger partial charge in [0.15, 0.2) is 0 Å². The lowest BCUT2D eigenvalue weighted by atomic mass is 9.84. The first-order valence-electron chi connectivity index (χ1n) is 16.2. The predicted molar refractivity (Wildman–Crippen MR) is 198 cm³/mol. The van der Waals surface area contributed by atoms with Crippen LogP contribution >= 0.6 is 0 Å². The Kier molecular flexibility index (Phi) is 5.64. The summed E-state index contributed by atoms with van der Waals surface area (Å²) < 4.78 is 6.61. The molecule has 0 saturated heterocycles. The first-order chi connectivity index (χ1) is 23.3. The van der Waals surface area contributed by atoms with E-state index in [4.69, 9.17) is 4.74 Å². The predicted octanol–water partition coefficient (Wildman–Crippen LogP) is 13.1. The Labute approximate surface area is 272 Å². The molecule has 0 atom stereocenters. The summed E-state index contributed by atoms with van der Waals surface area (Å²) in [6.45, 7) is 0. The second kappa shape index (κ2) is 10.2.